The van der Waals surface area contributed by atoms with E-state index in [1.54, 1.807) is 0 Å². The van der Waals surface area contributed by atoms with Crippen LogP contribution in [0.3, 0.4) is 0 Å². The van der Waals surface area contributed by atoms with Crippen molar-refractivity contribution in [3.05, 3.63) is 34.3 Å². The largest absolute Gasteiger partial charge is 0.478 e. The Morgan fingerprint density at radius 2 is 1.92 bits per heavy atom. The second-order valence-corrected chi connectivity index (χ2v) is 3.82. The molecule has 0 fully saturated rings. The van der Waals surface area contributed by atoms with Crippen molar-refractivity contribution < 1.29 is 14.3 Å². The molecule has 0 heterocycles. The highest BCUT2D eigenvalue weighted by atomic mass is 79.9. The molecule has 0 spiro atoms. The van der Waals surface area contributed by atoms with E-state index in [1.807, 2.05) is 0 Å². The lowest BCUT2D eigenvalue weighted by atomic mass is 10.1. The van der Waals surface area contributed by atoms with Crippen LogP contribution in [0, 0.1) is 0 Å². The fourth-order valence-corrected chi connectivity index (χ4v) is 1.17. The van der Waals surface area contributed by atoms with Crippen molar-refractivity contribution in [2.45, 2.75) is 5.13 Å². The predicted molar refractivity (Wildman–Crippen MR) is 50.4 cm³/mol. The van der Waals surface area contributed by atoms with Crippen LogP contribution in [-0.4, -0.2) is 11.1 Å². The summed E-state index contributed by atoms with van der Waals surface area (Å²) in [6.45, 7) is 0. The van der Waals surface area contributed by atoms with Gasteiger partial charge in [0.05, 0.1) is 0 Å². The third kappa shape index (κ3) is 2.19. The molecule has 0 bridgehead atoms. The van der Waals surface area contributed by atoms with Crippen LogP contribution in [0.4, 0.5) is 4.39 Å². The lowest BCUT2D eigenvalue weighted by Gasteiger charge is -2.12. The Morgan fingerprint density at radius 1 is 1.46 bits per heavy atom. The van der Waals surface area contributed by atoms with Crippen LogP contribution in [0.1, 0.15) is 5.56 Å². The molecule has 0 radical (unpaired) electrons. The zero-order valence-corrected chi connectivity index (χ0v) is 8.64. The fraction of sp³-hybridized carbons (Fsp3) is 0.125. The monoisotopic (exact) mass is 266 g/mol. The molecule has 0 saturated carbocycles. The summed E-state index contributed by atoms with van der Waals surface area (Å²) in [4.78, 5) is 10.4. The van der Waals surface area contributed by atoms with Gasteiger partial charge < -0.3 is 5.11 Å². The Morgan fingerprint density at radius 3 is 2.31 bits per heavy atom. The molecule has 1 rings (SSSR count). The molecule has 0 aromatic heterocycles. The quantitative estimate of drug-likeness (QED) is 0.837. The number of rotatable bonds is 2. The molecule has 0 aliphatic rings. The molecule has 1 N–H and O–H groups in total. The average molecular weight is 267 g/mol. The van der Waals surface area contributed by atoms with E-state index < -0.39 is 11.1 Å². The van der Waals surface area contributed by atoms with Crippen molar-refractivity contribution in [1.29, 1.82) is 0 Å². The summed E-state index contributed by atoms with van der Waals surface area (Å²) in [5, 5.41) is 5.60. The maximum absolute atomic E-state index is 13.2. The van der Waals surface area contributed by atoms with Gasteiger partial charge in [0.15, 0.2) is 0 Å². The molecule has 0 aliphatic heterocycles. The van der Waals surface area contributed by atoms with Crippen molar-refractivity contribution in [2.24, 2.45) is 0 Å². The van der Waals surface area contributed by atoms with Crippen LogP contribution in [0.25, 0.3) is 0 Å². The molecule has 0 saturated heterocycles. The first-order valence-electron chi connectivity index (χ1n) is 3.32. The van der Waals surface area contributed by atoms with Gasteiger partial charge in [0, 0.05) is 10.0 Å². The van der Waals surface area contributed by atoms with Crippen LogP contribution < -0.4 is 0 Å². The second-order valence-electron chi connectivity index (χ2n) is 2.39. The third-order valence-electron chi connectivity index (χ3n) is 1.48. The number of carbonyl (C=O) groups is 1. The minimum absolute atomic E-state index is 0.0927. The number of hydrogen-bond acceptors (Lipinski definition) is 1. The predicted octanol–water partition coefficient (Wildman–Crippen LogP) is 2.89. The molecule has 5 heteroatoms. The number of benzene rings is 1. The van der Waals surface area contributed by atoms with Crippen LogP contribution in [0.5, 0.6) is 0 Å². The maximum Gasteiger partial charge on any atom is 0.362 e. The normalized spacial score (nSPS) is 15.0. The van der Waals surface area contributed by atoms with Crippen LogP contribution in [-0.2, 0) is 9.92 Å². The van der Waals surface area contributed by atoms with Crippen LogP contribution in [0.2, 0.25) is 0 Å². The van der Waals surface area contributed by atoms with E-state index in [4.69, 9.17) is 16.7 Å². The van der Waals surface area contributed by atoms with E-state index in [-0.39, 0.29) is 5.56 Å². The first-order valence-corrected chi connectivity index (χ1v) is 4.49. The van der Waals surface area contributed by atoms with Crippen molar-refractivity contribution in [3.8, 4) is 0 Å². The summed E-state index contributed by atoms with van der Waals surface area (Å²) < 4.78 is 14.0. The number of halogens is 3. The molecule has 1 aromatic carbocycles. The lowest BCUT2D eigenvalue weighted by Crippen LogP contribution is -2.23. The Balaban J connectivity index is 3.08. The van der Waals surface area contributed by atoms with Gasteiger partial charge in [0.25, 0.3) is 0 Å². The number of carboxylic acid groups (broad SMARTS) is 1. The molecule has 1 unspecified atom stereocenters. The number of alkyl halides is 2. The lowest BCUT2D eigenvalue weighted by molar-refractivity contribution is -0.145. The summed E-state index contributed by atoms with van der Waals surface area (Å²) in [7, 11) is 0. The van der Waals surface area contributed by atoms with Gasteiger partial charge in [-0.1, -0.05) is 39.7 Å². The Hall–Kier alpha value is -0.610. The van der Waals surface area contributed by atoms with E-state index in [0.29, 0.717) is 0 Å². The summed E-state index contributed by atoms with van der Waals surface area (Å²) >= 11 is 8.30. The van der Waals surface area contributed by atoms with E-state index in [0.717, 1.165) is 4.47 Å². The van der Waals surface area contributed by atoms with Crippen molar-refractivity contribution in [1.82, 2.24) is 0 Å². The first-order chi connectivity index (χ1) is 5.94. The average Bonchev–Trinajstić information content (AvgIpc) is 2.04. The zero-order chi connectivity index (χ0) is 10.1. The van der Waals surface area contributed by atoms with E-state index in [9.17, 15) is 9.18 Å². The highest BCUT2D eigenvalue weighted by molar-refractivity contribution is 9.10. The van der Waals surface area contributed by atoms with Crippen molar-refractivity contribution in [3.63, 3.8) is 0 Å². The minimum Gasteiger partial charge on any atom is -0.478 e. The van der Waals surface area contributed by atoms with Gasteiger partial charge in [0.2, 0.25) is 0 Å². The van der Waals surface area contributed by atoms with Gasteiger partial charge in [-0.05, 0) is 12.1 Å². The Bertz CT molecular complexity index is 323. The number of hydrogen-bond donors (Lipinski definition) is 1. The minimum atomic E-state index is -2.85. The molecule has 2 nitrogen and oxygen atoms in total. The van der Waals surface area contributed by atoms with E-state index in [1.165, 1.54) is 24.3 Å². The number of carboxylic acids is 1. The van der Waals surface area contributed by atoms with Crippen molar-refractivity contribution in [2.75, 3.05) is 0 Å². The smallest absolute Gasteiger partial charge is 0.362 e. The zero-order valence-electron chi connectivity index (χ0n) is 6.30. The summed E-state index contributed by atoms with van der Waals surface area (Å²) in [6, 6.07) is 5.67. The highest BCUT2D eigenvalue weighted by Crippen LogP contribution is 2.31. The topological polar surface area (TPSA) is 37.3 Å². The Labute approximate surface area is 87.5 Å². The molecule has 13 heavy (non-hydrogen) atoms. The van der Waals surface area contributed by atoms with Gasteiger partial charge in [0.1, 0.15) is 0 Å². The third-order valence-corrected chi connectivity index (χ3v) is 2.38. The molecular weight excluding hydrogens is 262 g/mol. The fourth-order valence-electron chi connectivity index (χ4n) is 0.783. The van der Waals surface area contributed by atoms with Gasteiger partial charge in [-0.2, -0.15) is 0 Å². The number of aliphatic carboxylic acids is 1. The van der Waals surface area contributed by atoms with Crippen LogP contribution in [0.15, 0.2) is 28.7 Å². The van der Waals surface area contributed by atoms with Gasteiger partial charge in [-0.3, -0.25) is 0 Å². The van der Waals surface area contributed by atoms with Gasteiger partial charge >= 0.3 is 11.1 Å². The molecular formula is C8H5BrClFO2. The molecule has 0 aliphatic carbocycles. The summed E-state index contributed by atoms with van der Waals surface area (Å²) in [5.41, 5.74) is -0.0927. The van der Waals surface area contributed by atoms with Crippen molar-refractivity contribution >= 4 is 33.5 Å². The highest BCUT2D eigenvalue weighted by Gasteiger charge is 2.38. The first kappa shape index (κ1) is 10.5. The summed E-state index contributed by atoms with van der Waals surface area (Å²) in [6.07, 6.45) is 0. The second kappa shape index (κ2) is 3.64. The Kier molecular flexibility index (Phi) is 2.93. The molecule has 0 amide bonds. The maximum atomic E-state index is 13.2. The summed E-state index contributed by atoms with van der Waals surface area (Å²) in [5.74, 6) is -1.71. The van der Waals surface area contributed by atoms with Gasteiger partial charge in [-0.25, -0.2) is 9.18 Å². The molecule has 1 atom stereocenters. The van der Waals surface area contributed by atoms with E-state index in [2.05, 4.69) is 15.9 Å². The van der Waals surface area contributed by atoms with Crippen LogP contribution >= 0.6 is 27.5 Å². The van der Waals surface area contributed by atoms with E-state index >= 15 is 0 Å². The molecule has 1 aromatic rings. The van der Waals surface area contributed by atoms with Gasteiger partial charge in [-0.15, -0.1) is 0 Å². The standard InChI is InChI=1S/C8H5BrClFO2/c9-6-3-1-5(2-4-6)8(10,11)7(12)13/h1-4H,(H,12,13). The molecule has 70 valence electrons. The SMILES string of the molecule is O=C(O)C(F)(Cl)c1ccc(Br)cc1.